The second-order valence-electron chi connectivity index (χ2n) is 7.10. The number of aromatic nitrogens is 2. The van der Waals surface area contributed by atoms with Crippen LogP contribution in [0.5, 0.6) is 0 Å². The summed E-state index contributed by atoms with van der Waals surface area (Å²) in [7, 11) is 0. The zero-order chi connectivity index (χ0) is 20.1. The van der Waals surface area contributed by atoms with Gasteiger partial charge in [0.05, 0.1) is 24.6 Å². The molecular formula is C23H27N5O. The molecule has 3 aromatic rings. The van der Waals surface area contributed by atoms with Crippen LogP contribution in [0.3, 0.4) is 0 Å². The van der Waals surface area contributed by atoms with E-state index in [4.69, 9.17) is 9.72 Å². The van der Waals surface area contributed by atoms with Crippen LogP contribution >= 0.6 is 0 Å². The van der Waals surface area contributed by atoms with Crippen molar-refractivity contribution < 1.29 is 4.74 Å². The Kier molecular flexibility index (Phi) is 5.91. The molecule has 0 saturated carbocycles. The van der Waals surface area contributed by atoms with Crippen LogP contribution in [0.25, 0.3) is 0 Å². The van der Waals surface area contributed by atoms with Gasteiger partial charge in [-0.2, -0.15) is 4.98 Å². The van der Waals surface area contributed by atoms with E-state index in [9.17, 15) is 0 Å². The lowest BCUT2D eigenvalue weighted by Crippen LogP contribution is -2.36. The second-order valence-corrected chi connectivity index (χ2v) is 7.10. The lowest BCUT2D eigenvalue weighted by atomic mass is 10.1. The predicted molar refractivity (Wildman–Crippen MR) is 119 cm³/mol. The number of anilines is 5. The zero-order valence-electron chi connectivity index (χ0n) is 17.0. The largest absolute Gasteiger partial charge is 0.378 e. The van der Waals surface area contributed by atoms with Crippen molar-refractivity contribution in [1.29, 1.82) is 0 Å². The van der Waals surface area contributed by atoms with Crippen molar-refractivity contribution in [2.45, 2.75) is 20.3 Å². The number of morpholine rings is 1. The van der Waals surface area contributed by atoms with Crippen molar-refractivity contribution in [3.8, 4) is 0 Å². The van der Waals surface area contributed by atoms with Crippen LogP contribution in [0.1, 0.15) is 18.2 Å². The van der Waals surface area contributed by atoms with Gasteiger partial charge < -0.3 is 20.3 Å². The summed E-state index contributed by atoms with van der Waals surface area (Å²) in [6, 6.07) is 18.5. The average molecular weight is 390 g/mol. The van der Waals surface area contributed by atoms with Gasteiger partial charge in [0.15, 0.2) is 0 Å². The Hall–Kier alpha value is -3.12. The molecule has 0 aliphatic carbocycles. The molecule has 0 unspecified atom stereocenters. The molecule has 1 saturated heterocycles. The minimum atomic E-state index is 0.585. The fourth-order valence-corrected chi connectivity index (χ4v) is 3.56. The van der Waals surface area contributed by atoms with Crippen molar-refractivity contribution in [3.63, 3.8) is 0 Å². The van der Waals surface area contributed by atoms with E-state index >= 15 is 0 Å². The van der Waals surface area contributed by atoms with E-state index in [1.165, 1.54) is 5.56 Å². The summed E-state index contributed by atoms with van der Waals surface area (Å²) in [5.41, 5.74) is 5.39. The van der Waals surface area contributed by atoms with Gasteiger partial charge in [-0.05, 0) is 37.1 Å². The van der Waals surface area contributed by atoms with Gasteiger partial charge in [-0.15, -0.1) is 0 Å². The molecule has 29 heavy (non-hydrogen) atoms. The summed E-state index contributed by atoms with van der Waals surface area (Å²) in [5, 5.41) is 6.87. The second kappa shape index (κ2) is 8.92. The molecule has 1 aliphatic rings. The fourth-order valence-electron chi connectivity index (χ4n) is 3.56. The molecule has 2 heterocycles. The van der Waals surface area contributed by atoms with Crippen LogP contribution in [0.2, 0.25) is 0 Å². The summed E-state index contributed by atoms with van der Waals surface area (Å²) >= 11 is 0. The minimum Gasteiger partial charge on any atom is -0.378 e. The minimum absolute atomic E-state index is 0.585. The third-order valence-corrected chi connectivity index (χ3v) is 5.02. The van der Waals surface area contributed by atoms with Crippen molar-refractivity contribution in [2.75, 3.05) is 41.8 Å². The van der Waals surface area contributed by atoms with Crippen molar-refractivity contribution in [2.24, 2.45) is 0 Å². The topological polar surface area (TPSA) is 62.3 Å². The first-order valence-electron chi connectivity index (χ1n) is 10.1. The highest BCUT2D eigenvalue weighted by Gasteiger charge is 2.15. The first-order valence-corrected chi connectivity index (χ1v) is 10.1. The predicted octanol–water partition coefficient (Wildman–Crippen LogP) is 4.67. The van der Waals surface area contributed by atoms with Crippen molar-refractivity contribution in [3.05, 3.63) is 65.9 Å². The van der Waals surface area contributed by atoms with Crippen LogP contribution in [-0.4, -0.2) is 36.3 Å². The zero-order valence-corrected chi connectivity index (χ0v) is 17.0. The number of nitrogens with zero attached hydrogens (tertiary/aromatic N) is 3. The number of hydrogen-bond donors (Lipinski definition) is 2. The Morgan fingerprint density at radius 2 is 1.66 bits per heavy atom. The number of hydrogen-bond acceptors (Lipinski definition) is 6. The number of nitrogens with one attached hydrogen (secondary N) is 2. The summed E-state index contributed by atoms with van der Waals surface area (Å²) < 4.78 is 5.49. The van der Waals surface area contributed by atoms with E-state index in [1.807, 2.05) is 25.1 Å². The van der Waals surface area contributed by atoms with E-state index in [2.05, 4.69) is 63.8 Å². The van der Waals surface area contributed by atoms with Gasteiger partial charge in [0.1, 0.15) is 5.82 Å². The molecule has 6 nitrogen and oxygen atoms in total. The molecule has 2 aromatic carbocycles. The van der Waals surface area contributed by atoms with Crippen LogP contribution in [0.4, 0.5) is 28.8 Å². The first-order chi connectivity index (χ1) is 14.2. The van der Waals surface area contributed by atoms with E-state index < -0.39 is 0 Å². The smallest absolute Gasteiger partial charge is 0.229 e. The molecule has 0 atom stereocenters. The van der Waals surface area contributed by atoms with Gasteiger partial charge in [0, 0.05) is 30.5 Å². The Bertz CT molecular complexity index is 969. The lowest BCUT2D eigenvalue weighted by Gasteiger charge is -2.30. The van der Waals surface area contributed by atoms with Gasteiger partial charge in [0.2, 0.25) is 5.95 Å². The van der Waals surface area contributed by atoms with E-state index in [1.54, 1.807) is 0 Å². The molecule has 4 rings (SSSR count). The van der Waals surface area contributed by atoms with E-state index in [-0.39, 0.29) is 0 Å². The molecular weight excluding hydrogens is 362 g/mol. The molecule has 2 N–H and O–H groups in total. The quantitative estimate of drug-likeness (QED) is 0.639. The maximum atomic E-state index is 5.49. The molecule has 0 spiro atoms. The Balaban J connectivity index is 1.59. The normalized spacial score (nSPS) is 13.9. The Morgan fingerprint density at radius 3 is 2.45 bits per heavy atom. The van der Waals surface area contributed by atoms with Crippen LogP contribution in [0, 0.1) is 6.92 Å². The van der Waals surface area contributed by atoms with Gasteiger partial charge in [-0.25, -0.2) is 4.98 Å². The fraction of sp³-hybridized carbons (Fsp3) is 0.304. The third-order valence-electron chi connectivity index (χ3n) is 5.02. The van der Waals surface area contributed by atoms with E-state index in [0.717, 1.165) is 61.3 Å². The first kappa shape index (κ1) is 19.2. The molecule has 1 aromatic heterocycles. The van der Waals surface area contributed by atoms with Gasteiger partial charge in [0.25, 0.3) is 0 Å². The lowest BCUT2D eigenvalue weighted by molar-refractivity contribution is 0.123. The molecule has 0 radical (unpaired) electrons. The SMILES string of the molecule is CCc1ccccc1Nc1cc(C)nc(Nc2ccccc2N2CCOCC2)n1. The van der Waals surface area contributed by atoms with Gasteiger partial charge in [-0.1, -0.05) is 37.3 Å². The Labute approximate surface area is 172 Å². The summed E-state index contributed by atoms with van der Waals surface area (Å²) in [5.74, 6) is 1.37. The number of para-hydroxylation sites is 3. The number of rotatable bonds is 6. The maximum absolute atomic E-state index is 5.49. The molecule has 6 heteroatoms. The third kappa shape index (κ3) is 4.66. The molecule has 0 amide bonds. The number of ether oxygens (including phenoxy) is 1. The van der Waals surface area contributed by atoms with Crippen LogP contribution < -0.4 is 15.5 Å². The standard InChI is InChI=1S/C23H27N5O/c1-3-18-8-4-5-9-19(18)25-22-16-17(2)24-23(27-22)26-20-10-6-7-11-21(20)28-12-14-29-15-13-28/h4-11,16H,3,12-15H2,1-2H3,(H2,24,25,26,27). The van der Waals surface area contributed by atoms with Crippen LogP contribution in [-0.2, 0) is 11.2 Å². The van der Waals surface area contributed by atoms with E-state index in [0.29, 0.717) is 5.95 Å². The molecule has 1 fully saturated rings. The summed E-state index contributed by atoms with van der Waals surface area (Å²) in [6.07, 6.45) is 0.964. The Morgan fingerprint density at radius 1 is 0.931 bits per heavy atom. The number of aryl methyl sites for hydroxylation is 2. The summed E-state index contributed by atoms with van der Waals surface area (Å²) in [4.78, 5) is 11.6. The molecule has 1 aliphatic heterocycles. The van der Waals surface area contributed by atoms with Crippen molar-refractivity contribution in [1.82, 2.24) is 9.97 Å². The molecule has 150 valence electrons. The highest BCUT2D eigenvalue weighted by Crippen LogP contribution is 2.29. The average Bonchev–Trinajstić information content (AvgIpc) is 2.75. The summed E-state index contributed by atoms with van der Waals surface area (Å²) in [6.45, 7) is 7.40. The maximum Gasteiger partial charge on any atom is 0.229 e. The molecule has 0 bridgehead atoms. The highest BCUT2D eigenvalue weighted by atomic mass is 16.5. The van der Waals surface area contributed by atoms with Gasteiger partial charge in [-0.3, -0.25) is 0 Å². The van der Waals surface area contributed by atoms with Gasteiger partial charge >= 0.3 is 0 Å². The highest BCUT2D eigenvalue weighted by molar-refractivity contribution is 5.74. The number of benzene rings is 2. The monoisotopic (exact) mass is 389 g/mol. The van der Waals surface area contributed by atoms with Crippen LogP contribution in [0.15, 0.2) is 54.6 Å². The van der Waals surface area contributed by atoms with Crippen molar-refractivity contribution >= 4 is 28.8 Å².